The minimum atomic E-state index is -1.08. The van der Waals surface area contributed by atoms with Gasteiger partial charge in [-0.1, -0.05) is 6.92 Å². The lowest BCUT2D eigenvalue weighted by Gasteiger charge is -1.99. The van der Waals surface area contributed by atoms with E-state index in [-0.39, 0.29) is 18.6 Å². The van der Waals surface area contributed by atoms with Crippen LogP contribution in [0.3, 0.4) is 0 Å². The van der Waals surface area contributed by atoms with Gasteiger partial charge in [0.15, 0.2) is 0 Å². The van der Waals surface area contributed by atoms with Crippen molar-refractivity contribution in [3.05, 3.63) is 11.8 Å². The first-order chi connectivity index (χ1) is 9.58. The second kappa shape index (κ2) is 15.5. The molecule has 0 aromatic rings. The van der Waals surface area contributed by atoms with Gasteiger partial charge in [0.25, 0.3) is 5.97 Å². The van der Waals surface area contributed by atoms with E-state index in [1.807, 2.05) is 0 Å². The SMILES string of the molecule is CC(=O)O.CCC(=O)O.CCOC(=O)NC=C(C)C(=O)O. The first-order valence-corrected chi connectivity index (χ1v) is 5.83. The van der Waals surface area contributed by atoms with Crippen molar-refractivity contribution in [2.45, 2.75) is 34.1 Å². The van der Waals surface area contributed by atoms with Crippen LogP contribution in [0, 0.1) is 0 Å². The molecule has 0 aromatic heterocycles. The van der Waals surface area contributed by atoms with Gasteiger partial charge in [0.2, 0.25) is 0 Å². The zero-order valence-electron chi connectivity index (χ0n) is 12.4. The van der Waals surface area contributed by atoms with E-state index >= 15 is 0 Å². The maximum Gasteiger partial charge on any atom is 0.411 e. The van der Waals surface area contributed by atoms with E-state index in [1.54, 1.807) is 13.8 Å². The maximum absolute atomic E-state index is 10.6. The van der Waals surface area contributed by atoms with E-state index in [1.165, 1.54) is 6.92 Å². The number of carbonyl (C=O) groups excluding carboxylic acids is 1. The molecule has 9 heteroatoms. The van der Waals surface area contributed by atoms with Crippen molar-refractivity contribution in [1.29, 1.82) is 0 Å². The fraction of sp³-hybridized carbons (Fsp3) is 0.500. The van der Waals surface area contributed by atoms with Gasteiger partial charge >= 0.3 is 18.0 Å². The minimum Gasteiger partial charge on any atom is -0.481 e. The molecule has 0 aromatic carbocycles. The Bertz CT molecular complexity index is 371. The Kier molecular flexibility index (Phi) is 17.3. The molecule has 0 unspecified atom stereocenters. The Hall–Kier alpha value is -2.58. The third kappa shape index (κ3) is 31.8. The van der Waals surface area contributed by atoms with Crippen LogP contribution < -0.4 is 5.32 Å². The van der Waals surface area contributed by atoms with Crippen molar-refractivity contribution in [2.75, 3.05) is 6.61 Å². The largest absolute Gasteiger partial charge is 0.481 e. The van der Waals surface area contributed by atoms with E-state index in [0.29, 0.717) is 0 Å². The van der Waals surface area contributed by atoms with Gasteiger partial charge in [-0.15, -0.1) is 0 Å². The fourth-order valence-corrected chi connectivity index (χ4v) is 0.402. The third-order valence-electron chi connectivity index (χ3n) is 1.32. The van der Waals surface area contributed by atoms with Crippen LogP contribution in [-0.2, 0) is 19.1 Å². The standard InChI is InChI=1S/C7H11NO4.C3H6O2.C2H4O2/c1-3-12-7(11)8-4-5(2)6(9)10;1-2-3(4)5;1-2(3)4/h4H,3H2,1-2H3,(H,8,11)(H,9,10);2H2,1H3,(H,4,5);1H3,(H,3,4). The molecule has 0 saturated carbocycles. The highest BCUT2D eigenvalue weighted by Gasteiger charge is 2.01. The molecule has 0 aliphatic rings. The minimum absolute atomic E-state index is 0.0445. The predicted octanol–water partition coefficient (Wildman–Crippen LogP) is 1.29. The zero-order chi connectivity index (χ0) is 17.4. The molecule has 1 amide bonds. The lowest BCUT2D eigenvalue weighted by Crippen LogP contribution is -2.19. The highest BCUT2D eigenvalue weighted by atomic mass is 16.5. The molecule has 4 N–H and O–H groups in total. The monoisotopic (exact) mass is 307 g/mol. The zero-order valence-corrected chi connectivity index (χ0v) is 12.4. The number of hydrogen-bond acceptors (Lipinski definition) is 5. The van der Waals surface area contributed by atoms with Crippen LogP contribution in [0.4, 0.5) is 4.79 Å². The molecule has 9 nitrogen and oxygen atoms in total. The fourth-order valence-electron chi connectivity index (χ4n) is 0.402. The van der Waals surface area contributed by atoms with Crippen LogP contribution >= 0.6 is 0 Å². The Balaban J connectivity index is -0.000000297. The van der Waals surface area contributed by atoms with Gasteiger partial charge in [-0.25, -0.2) is 9.59 Å². The van der Waals surface area contributed by atoms with E-state index < -0.39 is 24.0 Å². The number of carboxylic acid groups (broad SMARTS) is 3. The molecule has 0 bridgehead atoms. The number of carbonyl (C=O) groups is 4. The van der Waals surface area contributed by atoms with Crippen LogP contribution in [0.5, 0.6) is 0 Å². The van der Waals surface area contributed by atoms with Gasteiger partial charge in [-0.05, 0) is 13.8 Å². The van der Waals surface area contributed by atoms with Gasteiger partial charge < -0.3 is 20.1 Å². The molecule has 0 radical (unpaired) electrons. The van der Waals surface area contributed by atoms with E-state index in [0.717, 1.165) is 13.1 Å². The molecular formula is C12H21NO8. The number of amides is 1. The molecule has 0 aliphatic carbocycles. The van der Waals surface area contributed by atoms with Crippen LogP contribution in [-0.4, -0.2) is 45.9 Å². The molecular weight excluding hydrogens is 286 g/mol. The highest BCUT2D eigenvalue weighted by Crippen LogP contribution is 1.88. The molecule has 122 valence electrons. The van der Waals surface area contributed by atoms with E-state index in [2.05, 4.69) is 10.1 Å². The van der Waals surface area contributed by atoms with Gasteiger partial charge in [0.05, 0.1) is 12.2 Å². The van der Waals surface area contributed by atoms with Crippen LogP contribution in [0.25, 0.3) is 0 Å². The first kappa shape index (κ1) is 23.5. The molecule has 0 spiro atoms. The summed E-state index contributed by atoms with van der Waals surface area (Å²) in [7, 11) is 0. The molecule has 0 heterocycles. The Morgan fingerprint density at radius 1 is 1.05 bits per heavy atom. The van der Waals surface area contributed by atoms with Crippen molar-refractivity contribution in [2.24, 2.45) is 0 Å². The van der Waals surface area contributed by atoms with Crippen molar-refractivity contribution in [3.8, 4) is 0 Å². The smallest absolute Gasteiger partial charge is 0.411 e. The normalized spacial score (nSPS) is 9.05. The van der Waals surface area contributed by atoms with Crippen molar-refractivity contribution in [1.82, 2.24) is 5.32 Å². The topological polar surface area (TPSA) is 150 Å². The summed E-state index contributed by atoms with van der Waals surface area (Å²) in [5, 5.41) is 25.7. The summed E-state index contributed by atoms with van der Waals surface area (Å²) in [4.78, 5) is 39.2. The van der Waals surface area contributed by atoms with E-state index in [9.17, 15) is 14.4 Å². The maximum atomic E-state index is 10.6. The van der Waals surface area contributed by atoms with Crippen molar-refractivity contribution >= 4 is 24.0 Å². The lowest BCUT2D eigenvalue weighted by atomic mass is 10.3. The second-order valence-corrected chi connectivity index (χ2v) is 3.26. The predicted molar refractivity (Wildman–Crippen MR) is 72.8 cm³/mol. The molecule has 0 aliphatic heterocycles. The second-order valence-electron chi connectivity index (χ2n) is 3.26. The van der Waals surface area contributed by atoms with Crippen molar-refractivity contribution in [3.63, 3.8) is 0 Å². The first-order valence-electron chi connectivity index (χ1n) is 5.83. The van der Waals surface area contributed by atoms with Crippen LogP contribution in [0.1, 0.15) is 34.1 Å². The molecule has 0 rings (SSSR count). The van der Waals surface area contributed by atoms with Gasteiger partial charge in [-0.3, -0.25) is 14.9 Å². The van der Waals surface area contributed by atoms with Gasteiger partial charge in [0, 0.05) is 19.5 Å². The van der Waals surface area contributed by atoms with Gasteiger partial charge in [0.1, 0.15) is 0 Å². The van der Waals surface area contributed by atoms with Crippen LogP contribution in [0.2, 0.25) is 0 Å². The summed E-state index contributed by atoms with van der Waals surface area (Å²) in [6.45, 7) is 5.97. The summed E-state index contributed by atoms with van der Waals surface area (Å²) in [6, 6.07) is 0. The number of ether oxygens (including phenoxy) is 1. The Morgan fingerprint density at radius 3 is 1.67 bits per heavy atom. The number of rotatable bonds is 4. The summed E-state index contributed by atoms with van der Waals surface area (Å²) in [6.07, 6.45) is 0.651. The Morgan fingerprint density at radius 2 is 1.43 bits per heavy atom. The molecule has 0 saturated heterocycles. The van der Waals surface area contributed by atoms with Crippen LogP contribution in [0.15, 0.2) is 11.8 Å². The summed E-state index contributed by atoms with van der Waals surface area (Å²) >= 11 is 0. The summed E-state index contributed by atoms with van der Waals surface area (Å²) in [5.41, 5.74) is 0.0445. The molecule has 0 atom stereocenters. The van der Waals surface area contributed by atoms with Crippen molar-refractivity contribution < 1.29 is 39.2 Å². The average molecular weight is 307 g/mol. The quantitative estimate of drug-likeness (QED) is 0.567. The average Bonchev–Trinajstić information content (AvgIpc) is 2.36. The third-order valence-corrected chi connectivity index (χ3v) is 1.32. The highest BCUT2D eigenvalue weighted by molar-refractivity contribution is 5.86. The number of alkyl carbamates (subject to hydrolysis) is 1. The number of carboxylic acids is 3. The summed E-state index contributed by atoms with van der Waals surface area (Å²) < 4.78 is 4.48. The lowest BCUT2D eigenvalue weighted by molar-refractivity contribution is -0.137. The van der Waals surface area contributed by atoms with E-state index in [4.69, 9.17) is 20.1 Å². The number of nitrogens with one attached hydrogen (secondary N) is 1. The molecule has 21 heavy (non-hydrogen) atoms. The number of aliphatic carboxylic acids is 3. The number of hydrogen-bond donors (Lipinski definition) is 4. The molecule has 0 fully saturated rings. The summed E-state index contributed by atoms with van der Waals surface area (Å²) in [5.74, 6) is -2.66. The Labute approximate surface area is 122 Å². The van der Waals surface area contributed by atoms with Gasteiger partial charge in [-0.2, -0.15) is 0 Å².